The number of hydrogen-bond acceptors (Lipinski definition) is 2. The Morgan fingerprint density at radius 2 is 1.59 bits per heavy atom. The largest absolute Gasteiger partial charge is 0.494 e. The van der Waals surface area contributed by atoms with Gasteiger partial charge in [-0.15, -0.1) is 0 Å². The first-order chi connectivity index (χ1) is 10.9. The van der Waals surface area contributed by atoms with Crippen LogP contribution in [0.5, 0.6) is 5.75 Å². The highest BCUT2D eigenvalue weighted by Crippen LogP contribution is 2.20. The van der Waals surface area contributed by atoms with Crippen LogP contribution in [0.2, 0.25) is 0 Å². The van der Waals surface area contributed by atoms with E-state index in [9.17, 15) is 0 Å². The Morgan fingerprint density at radius 1 is 0.818 bits per heavy atom. The SMILES string of the molecule is CCCCNCCCCCCOc1ccc2ccccc2c1. The summed E-state index contributed by atoms with van der Waals surface area (Å²) in [6.45, 7) is 5.38. The molecule has 0 saturated carbocycles. The van der Waals surface area contributed by atoms with E-state index in [1.807, 2.05) is 0 Å². The first-order valence-electron chi connectivity index (χ1n) is 8.72. The van der Waals surface area contributed by atoms with Crippen LogP contribution in [0.4, 0.5) is 0 Å². The number of rotatable bonds is 11. The fourth-order valence-electron chi connectivity index (χ4n) is 2.58. The molecule has 2 heteroatoms. The molecule has 0 radical (unpaired) electrons. The summed E-state index contributed by atoms with van der Waals surface area (Å²) < 4.78 is 5.86. The summed E-state index contributed by atoms with van der Waals surface area (Å²) in [5.41, 5.74) is 0. The molecule has 0 saturated heterocycles. The fraction of sp³-hybridized carbons (Fsp3) is 0.500. The quantitative estimate of drug-likeness (QED) is 0.578. The molecule has 0 spiro atoms. The molecule has 0 amide bonds. The van der Waals surface area contributed by atoms with E-state index in [2.05, 4.69) is 54.7 Å². The van der Waals surface area contributed by atoms with E-state index in [0.29, 0.717) is 0 Å². The lowest BCUT2D eigenvalue weighted by Crippen LogP contribution is -2.16. The zero-order chi connectivity index (χ0) is 15.5. The van der Waals surface area contributed by atoms with Crippen LogP contribution < -0.4 is 10.1 Å². The van der Waals surface area contributed by atoms with Crippen LogP contribution in [0.3, 0.4) is 0 Å². The van der Waals surface area contributed by atoms with Gasteiger partial charge >= 0.3 is 0 Å². The number of fused-ring (bicyclic) bond motifs is 1. The normalized spacial score (nSPS) is 11.0. The van der Waals surface area contributed by atoms with Crippen LogP contribution in [0.1, 0.15) is 45.4 Å². The highest BCUT2D eigenvalue weighted by Gasteiger charge is 1.97. The van der Waals surface area contributed by atoms with E-state index in [-0.39, 0.29) is 0 Å². The third-order valence-electron chi connectivity index (χ3n) is 3.94. The van der Waals surface area contributed by atoms with Crippen molar-refractivity contribution in [2.75, 3.05) is 19.7 Å². The van der Waals surface area contributed by atoms with Gasteiger partial charge in [-0.3, -0.25) is 0 Å². The van der Waals surface area contributed by atoms with Gasteiger partial charge in [0.25, 0.3) is 0 Å². The lowest BCUT2D eigenvalue weighted by molar-refractivity contribution is 0.305. The third kappa shape index (κ3) is 6.07. The second kappa shape index (κ2) is 10.2. The highest BCUT2D eigenvalue weighted by atomic mass is 16.5. The Balaban J connectivity index is 1.54. The molecular weight excluding hydrogens is 270 g/mol. The lowest BCUT2D eigenvalue weighted by atomic mass is 10.1. The standard InChI is InChI=1S/C20H29NO/c1-2-3-14-21-15-8-4-5-9-16-22-20-13-12-18-10-6-7-11-19(18)17-20/h6-7,10-13,17,21H,2-5,8-9,14-16H2,1H3. The molecule has 0 aliphatic heterocycles. The average molecular weight is 299 g/mol. The van der Waals surface area contributed by atoms with Crippen LogP contribution in [-0.4, -0.2) is 19.7 Å². The molecule has 2 aromatic rings. The zero-order valence-corrected chi connectivity index (χ0v) is 13.8. The van der Waals surface area contributed by atoms with Crippen LogP contribution in [0, 0.1) is 0 Å². The van der Waals surface area contributed by atoms with Crippen molar-refractivity contribution >= 4 is 10.8 Å². The van der Waals surface area contributed by atoms with Crippen LogP contribution in [0.15, 0.2) is 42.5 Å². The van der Waals surface area contributed by atoms with Gasteiger partial charge in [0.05, 0.1) is 6.61 Å². The van der Waals surface area contributed by atoms with Gasteiger partial charge in [-0.25, -0.2) is 0 Å². The van der Waals surface area contributed by atoms with E-state index in [4.69, 9.17) is 4.74 Å². The van der Waals surface area contributed by atoms with Gasteiger partial charge in [-0.1, -0.05) is 56.5 Å². The first kappa shape index (κ1) is 16.8. The minimum Gasteiger partial charge on any atom is -0.494 e. The summed E-state index contributed by atoms with van der Waals surface area (Å²) in [5, 5.41) is 6.01. The molecule has 0 aromatic heterocycles. The summed E-state index contributed by atoms with van der Waals surface area (Å²) in [7, 11) is 0. The van der Waals surface area contributed by atoms with E-state index >= 15 is 0 Å². The Kier molecular flexibility index (Phi) is 7.82. The number of hydrogen-bond donors (Lipinski definition) is 1. The molecule has 2 rings (SSSR count). The fourth-order valence-corrected chi connectivity index (χ4v) is 2.58. The Morgan fingerprint density at radius 3 is 2.45 bits per heavy atom. The first-order valence-corrected chi connectivity index (χ1v) is 8.72. The van der Waals surface area contributed by atoms with Crippen molar-refractivity contribution in [2.45, 2.75) is 45.4 Å². The maximum Gasteiger partial charge on any atom is 0.119 e. The Bertz CT molecular complexity index is 538. The van der Waals surface area contributed by atoms with E-state index in [1.165, 1.54) is 49.4 Å². The maximum absolute atomic E-state index is 5.86. The number of ether oxygens (including phenoxy) is 1. The zero-order valence-electron chi connectivity index (χ0n) is 13.8. The number of nitrogens with one attached hydrogen (secondary N) is 1. The van der Waals surface area contributed by atoms with Crippen LogP contribution in [-0.2, 0) is 0 Å². The molecule has 0 bridgehead atoms. The molecule has 2 nitrogen and oxygen atoms in total. The summed E-state index contributed by atoms with van der Waals surface area (Å²) >= 11 is 0. The van der Waals surface area contributed by atoms with Gasteiger partial charge in [-0.2, -0.15) is 0 Å². The molecular formula is C20H29NO. The van der Waals surface area contributed by atoms with Gasteiger partial charge in [0, 0.05) is 0 Å². The maximum atomic E-state index is 5.86. The molecule has 1 N–H and O–H groups in total. The molecule has 0 aliphatic rings. The highest BCUT2D eigenvalue weighted by molar-refractivity contribution is 5.83. The van der Waals surface area contributed by atoms with Crippen molar-refractivity contribution in [3.8, 4) is 5.75 Å². The van der Waals surface area contributed by atoms with Gasteiger partial charge < -0.3 is 10.1 Å². The van der Waals surface area contributed by atoms with E-state index < -0.39 is 0 Å². The van der Waals surface area contributed by atoms with Gasteiger partial charge in [0.2, 0.25) is 0 Å². The molecule has 2 aromatic carbocycles. The Labute approximate surface area is 134 Å². The van der Waals surface area contributed by atoms with Gasteiger partial charge in [0.1, 0.15) is 5.75 Å². The average Bonchev–Trinajstić information content (AvgIpc) is 2.56. The van der Waals surface area contributed by atoms with E-state index in [1.54, 1.807) is 0 Å². The molecule has 120 valence electrons. The van der Waals surface area contributed by atoms with E-state index in [0.717, 1.165) is 25.3 Å². The third-order valence-corrected chi connectivity index (χ3v) is 3.94. The minimum absolute atomic E-state index is 0.821. The predicted molar refractivity (Wildman–Crippen MR) is 95.7 cm³/mol. The summed E-state index contributed by atoms with van der Waals surface area (Å²) in [6.07, 6.45) is 7.53. The van der Waals surface area contributed by atoms with Crippen molar-refractivity contribution in [2.24, 2.45) is 0 Å². The summed E-state index contributed by atoms with van der Waals surface area (Å²) in [5.74, 6) is 0.986. The summed E-state index contributed by atoms with van der Waals surface area (Å²) in [4.78, 5) is 0. The molecule has 0 heterocycles. The second-order valence-corrected chi connectivity index (χ2v) is 5.88. The molecule has 0 aliphatic carbocycles. The molecule has 0 fully saturated rings. The lowest BCUT2D eigenvalue weighted by Gasteiger charge is -2.07. The monoisotopic (exact) mass is 299 g/mol. The van der Waals surface area contributed by atoms with Crippen molar-refractivity contribution in [3.63, 3.8) is 0 Å². The summed E-state index contributed by atoms with van der Waals surface area (Å²) in [6, 6.07) is 14.7. The van der Waals surface area contributed by atoms with Crippen LogP contribution in [0.25, 0.3) is 10.8 Å². The minimum atomic E-state index is 0.821. The van der Waals surface area contributed by atoms with Crippen molar-refractivity contribution in [1.82, 2.24) is 5.32 Å². The van der Waals surface area contributed by atoms with Crippen molar-refractivity contribution in [3.05, 3.63) is 42.5 Å². The smallest absolute Gasteiger partial charge is 0.119 e. The number of benzene rings is 2. The Hall–Kier alpha value is -1.54. The predicted octanol–water partition coefficient (Wildman–Crippen LogP) is 5.17. The van der Waals surface area contributed by atoms with Gasteiger partial charge in [-0.05, 0) is 55.3 Å². The molecule has 22 heavy (non-hydrogen) atoms. The number of unbranched alkanes of at least 4 members (excludes halogenated alkanes) is 4. The topological polar surface area (TPSA) is 21.3 Å². The molecule has 0 unspecified atom stereocenters. The van der Waals surface area contributed by atoms with Gasteiger partial charge in [0.15, 0.2) is 0 Å². The van der Waals surface area contributed by atoms with Crippen molar-refractivity contribution in [1.29, 1.82) is 0 Å². The molecule has 0 atom stereocenters. The van der Waals surface area contributed by atoms with Crippen LogP contribution >= 0.6 is 0 Å². The second-order valence-electron chi connectivity index (χ2n) is 5.88. The van der Waals surface area contributed by atoms with Crippen molar-refractivity contribution < 1.29 is 4.74 Å².